The van der Waals surface area contributed by atoms with E-state index in [1.165, 1.54) is 10.3 Å². The molecule has 3 aliphatic rings. The van der Waals surface area contributed by atoms with Crippen molar-refractivity contribution in [1.82, 2.24) is 24.8 Å². The number of β-lactam (4-membered cyclic amide) rings is 1. The molecule has 6 N–H and O–H groups in total. The SMILES string of the molecule is Nc1nc(/C(=N/OC2(C(=O)O)CCCC2)C(=O)N[C@@H]2C(=O)N(S(=O)(=O)O)[C@@H]2CN2CCNC2=O)cs1. The summed E-state index contributed by atoms with van der Waals surface area (Å²) in [4.78, 5) is 60.0. The highest BCUT2D eigenvalue weighted by Crippen LogP contribution is 2.34. The summed E-state index contributed by atoms with van der Waals surface area (Å²) < 4.78 is 33.1. The zero-order valence-corrected chi connectivity index (χ0v) is 20.2. The number of anilines is 1. The van der Waals surface area contributed by atoms with Crippen LogP contribution < -0.4 is 16.4 Å². The second-order valence-electron chi connectivity index (χ2n) is 8.42. The predicted octanol–water partition coefficient (Wildman–Crippen LogP) is -1.63. The Bertz CT molecular complexity index is 1230. The lowest BCUT2D eigenvalue weighted by molar-refractivity contribution is -0.165. The zero-order valence-electron chi connectivity index (χ0n) is 18.6. The van der Waals surface area contributed by atoms with Gasteiger partial charge in [-0.05, 0) is 12.8 Å². The Labute approximate surface area is 208 Å². The van der Waals surface area contributed by atoms with Gasteiger partial charge in [0.05, 0.1) is 6.04 Å². The van der Waals surface area contributed by atoms with Crippen molar-refractivity contribution in [2.75, 3.05) is 25.4 Å². The number of thiazole rings is 1. The molecule has 4 rings (SSSR count). The Morgan fingerprint density at radius 2 is 2.06 bits per heavy atom. The highest BCUT2D eigenvalue weighted by atomic mass is 32.2. The number of hydrogen-bond acceptors (Lipinski definition) is 11. The fraction of sp³-hybridized carbons (Fsp3) is 0.556. The molecule has 1 aromatic heterocycles. The van der Waals surface area contributed by atoms with Gasteiger partial charge in [-0.1, -0.05) is 5.16 Å². The summed E-state index contributed by atoms with van der Waals surface area (Å²) in [5, 5.41) is 19.7. The molecule has 18 heteroatoms. The van der Waals surface area contributed by atoms with Gasteiger partial charge in [-0.2, -0.15) is 8.42 Å². The number of nitrogens with one attached hydrogen (secondary N) is 2. The lowest BCUT2D eigenvalue weighted by atomic mass is 9.97. The van der Waals surface area contributed by atoms with E-state index in [1.807, 2.05) is 0 Å². The Balaban J connectivity index is 1.59. The van der Waals surface area contributed by atoms with E-state index >= 15 is 0 Å². The first-order valence-corrected chi connectivity index (χ1v) is 13.1. The van der Waals surface area contributed by atoms with Crippen LogP contribution in [0.4, 0.5) is 9.93 Å². The zero-order chi connectivity index (χ0) is 26.3. The Morgan fingerprint density at radius 1 is 1.36 bits per heavy atom. The smallest absolute Gasteiger partial charge is 0.362 e. The van der Waals surface area contributed by atoms with E-state index < -0.39 is 57.5 Å². The summed E-state index contributed by atoms with van der Waals surface area (Å²) >= 11 is 0.974. The van der Waals surface area contributed by atoms with Crippen molar-refractivity contribution in [1.29, 1.82) is 0 Å². The summed E-state index contributed by atoms with van der Waals surface area (Å²) in [6.07, 6.45) is 1.51. The average molecular weight is 546 g/mol. The van der Waals surface area contributed by atoms with Crippen LogP contribution in [0.15, 0.2) is 10.5 Å². The molecule has 2 saturated heterocycles. The molecule has 0 spiro atoms. The first-order chi connectivity index (χ1) is 16.9. The van der Waals surface area contributed by atoms with Crippen molar-refractivity contribution in [3.8, 4) is 0 Å². The molecule has 1 aromatic rings. The molecule has 4 amide bonds. The molecule has 3 fully saturated rings. The van der Waals surface area contributed by atoms with Crippen molar-refractivity contribution in [3.63, 3.8) is 0 Å². The molecular formula is C18H23N7O9S2. The number of aromatic nitrogens is 1. The number of rotatable bonds is 9. The van der Waals surface area contributed by atoms with Gasteiger partial charge in [-0.15, -0.1) is 11.3 Å². The molecule has 2 aliphatic heterocycles. The van der Waals surface area contributed by atoms with Crippen LogP contribution in [0.25, 0.3) is 0 Å². The van der Waals surface area contributed by atoms with Crippen molar-refractivity contribution >= 4 is 56.3 Å². The van der Waals surface area contributed by atoms with E-state index in [2.05, 4.69) is 20.8 Å². The quantitative estimate of drug-likeness (QED) is 0.102. The van der Waals surface area contributed by atoms with Crippen molar-refractivity contribution in [3.05, 3.63) is 11.1 Å². The summed E-state index contributed by atoms with van der Waals surface area (Å²) in [5.41, 5.74) is 3.48. The van der Waals surface area contributed by atoms with Crippen molar-refractivity contribution < 1.29 is 42.1 Å². The number of amides is 4. The summed E-state index contributed by atoms with van der Waals surface area (Å²) in [6.45, 7) is 0.226. The maximum Gasteiger partial charge on any atom is 0.362 e. The molecule has 1 saturated carbocycles. The van der Waals surface area contributed by atoms with Crippen LogP contribution in [-0.4, -0.2) is 99.1 Å². The monoisotopic (exact) mass is 545 g/mol. The van der Waals surface area contributed by atoms with Crippen LogP contribution in [0.2, 0.25) is 0 Å². The topological polar surface area (TPSA) is 234 Å². The van der Waals surface area contributed by atoms with Gasteiger partial charge in [0.15, 0.2) is 10.8 Å². The Kier molecular flexibility index (Phi) is 6.76. The third-order valence-corrected chi connectivity index (χ3v) is 7.77. The van der Waals surface area contributed by atoms with E-state index in [9.17, 15) is 37.3 Å². The van der Waals surface area contributed by atoms with Crippen LogP contribution in [0, 0.1) is 0 Å². The second-order valence-corrected chi connectivity index (χ2v) is 10.6. The number of aliphatic carboxylic acids is 1. The van der Waals surface area contributed by atoms with Crippen molar-refractivity contribution in [2.45, 2.75) is 43.4 Å². The number of hydrogen-bond donors (Lipinski definition) is 5. The molecule has 196 valence electrons. The maximum atomic E-state index is 13.2. The molecule has 3 heterocycles. The minimum Gasteiger partial charge on any atom is -0.478 e. The van der Waals surface area contributed by atoms with Crippen molar-refractivity contribution in [2.24, 2.45) is 5.16 Å². The molecule has 0 aromatic carbocycles. The van der Waals surface area contributed by atoms with Gasteiger partial charge < -0.3 is 31.2 Å². The van der Waals surface area contributed by atoms with Gasteiger partial charge in [0.25, 0.3) is 11.8 Å². The number of carboxylic acid groups (broad SMARTS) is 1. The minimum atomic E-state index is -4.97. The number of oxime groups is 1. The van der Waals surface area contributed by atoms with E-state index in [-0.39, 0.29) is 41.1 Å². The second kappa shape index (κ2) is 9.51. The van der Waals surface area contributed by atoms with Gasteiger partial charge in [-0.3, -0.25) is 14.1 Å². The first-order valence-electron chi connectivity index (χ1n) is 10.8. The van der Waals surface area contributed by atoms with Crippen LogP contribution in [0.3, 0.4) is 0 Å². The fourth-order valence-electron chi connectivity index (χ4n) is 4.29. The van der Waals surface area contributed by atoms with E-state index in [0.717, 1.165) is 11.3 Å². The number of urea groups is 1. The third-order valence-electron chi connectivity index (χ3n) is 6.15. The van der Waals surface area contributed by atoms with Gasteiger partial charge in [0, 0.05) is 37.9 Å². The number of nitrogens with zero attached hydrogens (tertiary/aromatic N) is 4. The minimum absolute atomic E-state index is 0.0533. The molecular weight excluding hydrogens is 522 g/mol. The van der Waals surface area contributed by atoms with Crippen LogP contribution in [0.1, 0.15) is 31.4 Å². The molecule has 0 unspecified atom stereocenters. The average Bonchev–Trinajstić information content (AvgIpc) is 3.54. The first kappa shape index (κ1) is 25.6. The molecule has 1 aliphatic carbocycles. The summed E-state index contributed by atoms with van der Waals surface area (Å²) in [7, 11) is -4.97. The number of nitrogens with two attached hydrogens (primary N) is 1. The van der Waals surface area contributed by atoms with Crippen LogP contribution in [0.5, 0.6) is 0 Å². The van der Waals surface area contributed by atoms with E-state index in [4.69, 9.17) is 10.6 Å². The fourth-order valence-corrected chi connectivity index (χ4v) is 5.70. The summed E-state index contributed by atoms with van der Waals surface area (Å²) in [5.74, 6) is -3.41. The predicted molar refractivity (Wildman–Crippen MR) is 122 cm³/mol. The summed E-state index contributed by atoms with van der Waals surface area (Å²) in [6, 6.07) is -3.25. The number of carbonyl (C=O) groups is 4. The Morgan fingerprint density at radius 3 is 2.58 bits per heavy atom. The standard InChI is InChI=1S/C18H23N7O9S2/c19-16-21-9(8-35-16)11(23-34-18(15(28)29)3-1-2-4-18)13(26)22-12-10(7-24-6-5-20-17(24)30)25(14(12)27)36(31,32)33/h8,10,12H,1-7H2,(H2,19,21)(H,20,30)(H,22,26)(H,28,29)(H,31,32,33)/b23-11-/t10-,12+/m1/s1. The number of nitrogen functional groups attached to an aromatic ring is 1. The molecule has 0 radical (unpaired) electrons. The largest absolute Gasteiger partial charge is 0.478 e. The maximum absolute atomic E-state index is 13.2. The van der Waals surface area contributed by atoms with Crippen LogP contribution in [-0.2, 0) is 29.5 Å². The lowest BCUT2D eigenvalue weighted by Crippen LogP contribution is -2.74. The Hall–Kier alpha value is -3.51. The molecule has 36 heavy (non-hydrogen) atoms. The highest BCUT2D eigenvalue weighted by Gasteiger charge is 2.55. The number of carbonyl (C=O) groups excluding carboxylic acids is 3. The van der Waals surface area contributed by atoms with Gasteiger partial charge in [0.1, 0.15) is 11.7 Å². The highest BCUT2D eigenvalue weighted by molar-refractivity contribution is 7.84. The van der Waals surface area contributed by atoms with E-state index in [1.54, 1.807) is 0 Å². The third kappa shape index (κ3) is 4.78. The lowest BCUT2D eigenvalue weighted by Gasteiger charge is -2.45. The normalized spacial score (nSPS) is 23.9. The molecule has 0 bridgehead atoms. The molecule has 2 atom stereocenters. The number of carboxylic acids is 1. The van der Waals surface area contributed by atoms with Crippen LogP contribution >= 0.6 is 11.3 Å². The van der Waals surface area contributed by atoms with Gasteiger partial charge in [0.2, 0.25) is 5.60 Å². The van der Waals surface area contributed by atoms with Gasteiger partial charge >= 0.3 is 22.3 Å². The molecule has 16 nitrogen and oxygen atoms in total. The van der Waals surface area contributed by atoms with E-state index in [0.29, 0.717) is 19.4 Å². The van der Waals surface area contributed by atoms with Gasteiger partial charge in [-0.25, -0.2) is 18.9 Å².